The smallest absolute Gasteiger partial charge is 0.333 e. The maximum atomic E-state index is 12.9. The molecule has 3 rings (SSSR count). The van der Waals surface area contributed by atoms with Crippen molar-refractivity contribution in [3.63, 3.8) is 0 Å². The van der Waals surface area contributed by atoms with Crippen LogP contribution in [0.4, 0.5) is 0 Å². The summed E-state index contributed by atoms with van der Waals surface area (Å²) < 4.78 is 5.55. The van der Waals surface area contributed by atoms with Crippen molar-refractivity contribution in [1.29, 1.82) is 0 Å². The van der Waals surface area contributed by atoms with E-state index in [4.69, 9.17) is 17.0 Å². The van der Waals surface area contributed by atoms with Gasteiger partial charge in [0.1, 0.15) is 4.32 Å². The number of thiophene rings is 1. The lowest BCUT2D eigenvalue weighted by atomic mass is 10.1. The summed E-state index contributed by atoms with van der Waals surface area (Å²) >= 11 is 8.14. The minimum atomic E-state index is -0.872. The first-order valence-corrected chi connectivity index (χ1v) is 9.74. The topological polar surface area (TPSA) is 46.6 Å². The summed E-state index contributed by atoms with van der Waals surface area (Å²) in [5.74, 6) is -0.757. The summed E-state index contributed by atoms with van der Waals surface area (Å²) in [6.45, 7) is 1.98. The summed E-state index contributed by atoms with van der Waals surface area (Å²) in [6, 6.07) is 12.1. The first kappa shape index (κ1) is 17.8. The fourth-order valence-corrected chi connectivity index (χ4v) is 4.49. The number of carbonyl (C=O) groups is 2. The average Bonchev–Trinajstić information content (AvgIpc) is 3.20. The third-order valence-electron chi connectivity index (χ3n) is 3.52. The van der Waals surface area contributed by atoms with Crippen molar-refractivity contribution in [3.05, 3.63) is 63.2 Å². The van der Waals surface area contributed by atoms with Crippen molar-refractivity contribution in [1.82, 2.24) is 4.90 Å². The second-order valence-electron chi connectivity index (χ2n) is 5.13. The maximum absolute atomic E-state index is 12.9. The number of hydrogen-bond acceptors (Lipinski definition) is 6. The predicted molar refractivity (Wildman–Crippen MR) is 105 cm³/mol. The molecule has 1 aliphatic rings. The number of esters is 1. The van der Waals surface area contributed by atoms with Gasteiger partial charge >= 0.3 is 5.97 Å². The molecule has 1 saturated heterocycles. The molecule has 4 nitrogen and oxygen atoms in total. The van der Waals surface area contributed by atoms with Gasteiger partial charge in [-0.2, -0.15) is 0 Å². The zero-order valence-corrected chi connectivity index (χ0v) is 15.8. The van der Waals surface area contributed by atoms with Gasteiger partial charge in [-0.25, -0.2) is 4.79 Å². The fraction of sp³-hybridized carbons (Fsp3) is 0.167. The van der Waals surface area contributed by atoms with Gasteiger partial charge < -0.3 is 4.74 Å². The van der Waals surface area contributed by atoms with Crippen LogP contribution in [-0.4, -0.2) is 27.7 Å². The van der Waals surface area contributed by atoms with Gasteiger partial charge in [-0.05, 0) is 30.0 Å². The summed E-state index contributed by atoms with van der Waals surface area (Å²) in [6.07, 6.45) is 1.80. The molecular weight excluding hydrogens is 374 g/mol. The Kier molecular flexibility index (Phi) is 5.67. The summed E-state index contributed by atoms with van der Waals surface area (Å²) in [4.78, 5) is 28.3. The van der Waals surface area contributed by atoms with Crippen molar-refractivity contribution < 1.29 is 14.3 Å². The zero-order chi connectivity index (χ0) is 17.8. The van der Waals surface area contributed by atoms with E-state index < -0.39 is 12.0 Å². The normalized spacial score (nSPS) is 17.2. The molecule has 1 aromatic heterocycles. The number of amides is 1. The van der Waals surface area contributed by atoms with E-state index in [1.54, 1.807) is 25.1 Å². The molecular formula is C18H15NO3S3. The van der Waals surface area contributed by atoms with Gasteiger partial charge in [-0.1, -0.05) is 60.4 Å². The van der Waals surface area contributed by atoms with Crippen LogP contribution in [0.5, 0.6) is 0 Å². The number of nitrogens with zero attached hydrogens (tertiary/aromatic N) is 1. The number of thiocarbonyl (C=S) groups is 1. The van der Waals surface area contributed by atoms with E-state index >= 15 is 0 Å². The Morgan fingerprint density at radius 2 is 2.04 bits per heavy atom. The van der Waals surface area contributed by atoms with Crippen LogP contribution in [0.3, 0.4) is 0 Å². The third-order valence-corrected chi connectivity index (χ3v) is 5.67. The van der Waals surface area contributed by atoms with Crippen molar-refractivity contribution in [2.75, 3.05) is 6.61 Å². The van der Waals surface area contributed by atoms with Gasteiger partial charge in [0.05, 0.1) is 11.5 Å². The van der Waals surface area contributed by atoms with Gasteiger partial charge in [0, 0.05) is 4.88 Å². The Morgan fingerprint density at radius 3 is 2.68 bits per heavy atom. The van der Waals surface area contributed by atoms with Crippen LogP contribution in [-0.2, 0) is 14.3 Å². The molecule has 0 bridgehead atoms. The molecule has 1 aliphatic heterocycles. The zero-order valence-electron chi connectivity index (χ0n) is 13.4. The van der Waals surface area contributed by atoms with Crippen molar-refractivity contribution in [2.45, 2.75) is 13.0 Å². The molecule has 1 aromatic carbocycles. The number of benzene rings is 1. The Hall–Kier alpha value is -1.96. The van der Waals surface area contributed by atoms with Gasteiger partial charge in [0.2, 0.25) is 0 Å². The second-order valence-corrected chi connectivity index (χ2v) is 7.79. The van der Waals surface area contributed by atoms with Crippen LogP contribution in [0, 0.1) is 0 Å². The van der Waals surface area contributed by atoms with E-state index in [0.29, 0.717) is 14.8 Å². The van der Waals surface area contributed by atoms with Crippen molar-refractivity contribution in [2.24, 2.45) is 0 Å². The number of hydrogen-bond donors (Lipinski definition) is 0. The lowest BCUT2D eigenvalue weighted by molar-refractivity contribution is -0.151. The summed E-state index contributed by atoms with van der Waals surface area (Å²) in [7, 11) is 0. The van der Waals surface area contributed by atoms with Crippen LogP contribution in [0.25, 0.3) is 6.08 Å². The van der Waals surface area contributed by atoms with Gasteiger partial charge in [0.15, 0.2) is 6.04 Å². The molecule has 0 radical (unpaired) electrons. The van der Waals surface area contributed by atoms with E-state index in [2.05, 4.69) is 0 Å². The Labute approximate surface area is 159 Å². The first-order valence-electron chi connectivity index (χ1n) is 7.64. The third kappa shape index (κ3) is 3.84. The molecule has 1 fully saturated rings. The highest BCUT2D eigenvalue weighted by atomic mass is 32.2. The number of ether oxygens (including phenoxy) is 1. The van der Waals surface area contributed by atoms with E-state index in [1.807, 2.05) is 35.7 Å². The highest BCUT2D eigenvalue weighted by Crippen LogP contribution is 2.39. The molecule has 0 saturated carbocycles. The van der Waals surface area contributed by atoms with E-state index in [1.165, 1.54) is 28.0 Å². The lowest BCUT2D eigenvalue weighted by Crippen LogP contribution is -2.38. The first-order chi connectivity index (χ1) is 12.1. The van der Waals surface area contributed by atoms with Gasteiger partial charge in [0.25, 0.3) is 5.91 Å². The number of carbonyl (C=O) groups excluding carboxylic acids is 2. The largest absolute Gasteiger partial charge is 0.464 e. The standard InChI is InChI=1S/C18H15NO3S3/c1-2-22-17(21)15(12-7-4-3-5-8-12)19-16(20)14(25-18(19)23)11-13-9-6-10-24-13/h3-11,15H,2H2,1H3/b14-11+. The minimum absolute atomic E-state index is 0.238. The summed E-state index contributed by atoms with van der Waals surface area (Å²) in [5.41, 5.74) is 0.676. The minimum Gasteiger partial charge on any atom is -0.464 e. The van der Waals surface area contributed by atoms with E-state index in [9.17, 15) is 9.59 Å². The average molecular weight is 390 g/mol. The van der Waals surface area contributed by atoms with E-state index in [0.717, 1.165) is 4.88 Å². The number of thioether (sulfide) groups is 1. The van der Waals surface area contributed by atoms with Gasteiger partial charge in [-0.15, -0.1) is 11.3 Å². The predicted octanol–water partition coefficient (Wildman–Crippen LogP) is 4.25. The van der Waals surface area contributed by atoms with E-state index in [-0.39, 0.29) is 12.5 Å². The molecule has 0 aliphatic carbocycles. The Bertz CT molecular complexity index is 815. The van der Waals surface area contributed by atoms with Crippen LogP contribution in [0.15, 0.2) is 52.7 Å². The quantitative estimate of drug-likeness (QED) is 0.435. The molecule has 1 atom stereocenters. The van der Waals surface area contributed by atoms with Gasteiger partial charge in [-0.3, -0.25) is 9.69 Å². The van der Waals surface area contributed by atoms with Crippen molar-refractivity contribution >= 4 is 57.6 Å². The monoisotopic (exact) mass is 389 g/mol. The van der Waals surface area contributed by atoms with Crippen LogP contribution < -0.4 is 0 Å². The van der Waals surface area contributed by atoms with Crippen LogP contribution in [0.2, 0.25) is 0 Å². The molecule has 2 aromatic rings. The second kappa shape index (κ2) is 7.95. The molecule has 0 N–H and O–H groups in total. The van der Waals surface area contributed by atoms with Crippen molar-refractivity contribution in [3.8, 4) is 0 Å². The highest BCUT2D eigenvalue weighted by molar-refractivity contribution is 8.26. The molecule has 7 heteroatoms. The molecule has 25 heavy (non-hydrogen) atoms. The molecule has 1 amide bonds. The molecule has 1 unspecified atom stereocenters. The number of rotatable bonds is 5. The Balaban J connectivity index is 1.97. The van der Waals surface area contributed by atoms with Crippen LogP contribution >= 0.6 is 35.3 Å². The molecule has 0 spiro atoms. The summed E-state index contributed by atoms with van der Waals surface area (Å²) in [5, 5.41) is 1.94. The SMILES string of the molecule is CCOC(=O)C(c1ccccc1)N1C(=O)/C(=C\c2cccs2)SC1=S. The molecule has 128 valence electrons. The highest BCUT2D eigenvalue weighted by Gasteiger charge is 2.42. The molecule has 2 heterocycles. The fourth-order valence-electron chi connectivity index (χ4n) is 2.45. The Morgan fingerprint density at radius 1 is 1.28 bits per heavy atom. The van der Waals surface area contributed by atoms with Crippen LogP contribution in [0.1, 0.15) is 23.4 Å². The maximum Gasteiger partial charge on any atom is 0.333 e. The lowest BCUT2D eigenvalue weighted by Gasteiger charge is -2.25.